The molecule has 1 aromatic heterocycles. The molecule has 1 aromatic carbocycles. The SMILES string of the molecule is C=C(c1ccccc1)c1[nH]c(=O)n(COCCOC)c(=O)c1CC. The molecule has 0 amide bonds. The number of hydrogen-bond donors (Lipinski definition) is 1. The molecule has 0 bridgehead atoms. The van der Waals surface area contributed by atoms with Gasteiger partial charge in [-0.05, 0) is 17.6 Å². The van der Waals surface area contributed by atoms with Crippen LogP contribution in [0.5, 0.6) is 0 Å². The first kappa shape index (κ1) is 17.9. The lowest BCUT2D eigenvalue weighted by Crippen LogP contribution is -2.39. The minimum Gasteiger partial charge on any atom is -0.382 e. The molecular weight excluding hydrogens is 308 g/mol. The molecule has 6 nitrogen and oxygen atoms in total. The lowest BCUT2D eigenvalue weighted by molar-refractivity contribution is 0.0306. The Labute approximate surface area is 140 Å². The Bertz CT molecular complexity index is 806. The van der Waals surface area contributed by atoms with Gasteiger partial charge >= 0.3 is 5.69 Å². The summed E-state index contributed by atoms with van der Waals surface area (Å²) in [5, 5.41) is 0. The van der Waals surface area contributed by atoms with Crippen molar-refractivity contribution in [2.45, 2.75) is 20.1 Å². The number of hydrogen-bond acceptors (Lipinski definition) is 4. The first-order chi connectivity index (χ1) is 11.6. The summed E-state index contributed by atoms with van der Waals surface area (Å²) in [6, 6.07) is 9.44. The zero-order valence-electron chi connectivity index (χ0n) is 14.0. The van der Waals surface area contributed by atoms with Crippen molar-refractivity contribution in [2.75, 3.05) is 20.3 Å². The molecule has 0 atom stereocenters. The molecule has 0 spiro atoms. The third-order valence-electron chi connectivity index (χ3n) is 3.71. The van der Waals surface area contributed by atoms with Crippen LogP contribution in [0.15, 0.2) is 46.5 Å². The molecule has 6 heteroatoms. The highest BCUT2D eigenvalue weighted by Crippen LogP contribution is 2.20. The summed E-state index contributed by atoms with van der Waals surface area (Å²) in [5.74, 6) is 0. The predicted molar refractivity (Wildman–Crippen MR) is 93.1 cm³/mol. The van der Waals surface area contributed by atoms with E-state index in [2.05, 4.69) is 11.6 Å². The van der Waals surface area contributed by atoms with Crippen molar-refractivity contribution in [2.24, 2.45) is 0 Å². The van der Waals surface area contributed by atoms with Gasteiger partial charge < -0.3 is 14.5 Å². The Morgan fingerprint density at radius 3 is 2.54 bits per heavy atom. The van der Waals surface area contributed by atoms with Gasteiger partial charge in [0.1, 0.15) is 6.73 Å². The Morgan fingerprint density at radius 1 is 1.21 bits per heavy atom. The number of aromatic nitrogens is 2. The normalized spacial score (nSPS) is 10.8. The molecule has 0 radical (unpaired) electrons. The predicted octanol–water partition coefficient (Wildman–Crippen LogP) is 1.78. The number of methoxy groups -OCH3 is 1. The number of benzene rings is 1. The van der Waals surface area contributed by atoms with E-state index in [1.807, 2.05) is 37.3 Å². The van der Waals surface area contributed by atoms with E-state index >= 15 is 0 Å². The van der Waals surface area contributed by atoms with Crippen LogP contribution in [0.1, 0.15) is 23.7 Å². The fourth-order valence-electron chi connectivity index (χ4n) is 2.40. The van der Waals surface area contributed by atoms with Crippen molar-refractivity contribution < 1.29 is 9.47 Å². The monoisotopic (exact) mass is 330 g/mol. The molecule has 0 fully saturated rings. The highest BCUT2D eigenvalue weighted by molar-refractivity contribution is 5.77. The van der Waals surface area contributed by atoms with E-state index in [0.29, 0.717) is 36.5 Å². The Morgan fingerprint density at radius 2 is 1.92 bits per heavy atom. The average molecular weight is 330 g/mol. The molecule has 0 aliphatic heterocycles. The summed E-state index contributed by atoms with van der Waals surface area (Å²) in [6.07, 6.45) is 0.481. The van der Waals surface area contributed by atoms with Gasteiger partial charge in [0.2, 0.25) is 0 Å². The van der Waals surface area contributed by atoms with Crippen molar-refractivity contribution in [3.05, 3.63) is 74.6 Å². The van der Waals surface area contributed by atoms with Gasteiger partial charge in [0.15, 0.2) is 0 Å². The van der Waals surface area contributed by atoms with E-state index < -0.39 is 5.69 Å². The lowest BCUT2D eigenvalue weighted by Gasteiger charge is -2.13. The molecular formula is C18H22N2O4. The zero-order valence-corrected chi connectivity index (χ0v) is 14.0. The minimum atomic E-state index is -0.512. The van der Waals surface area contributed by atoms with E-state index in [0.717, 1.165) is 10.1 Å². The molecule has 24 heavy (non-hydrogen) atoms. The van der Waals surface area contributed by atoms with Crippen molar-refractivity contribution in [1.29, 1.82) is 0 Å². The second-order valence-electron chi connectivity index (χ2n) is 5.25. The fourth-order valence-corrected chi connectivity index (χ4v) is 2.40. The van der Waals surface area contributed by atoms with Crippen LogP contribution in [0, 0.1) is 0 Å². The van der Waals surface area contributed by atoms with Crippen LogP contribution in [0.4, 0.5) is 0 Å². The highest BCUT2D eigenvalue weighted by atomic mass is 16.5. The first-order valence-electron chi connectivity index (χ1n) is 7.77. The number of rotatable bonds is 8. The van der Waals surface area contributed by atoms with E-state index in [1.54, 1.807) is 7.11 Å². The molecule has 2 rings (SSSR count). The van der Waals surface area contributed by atoms with Gasteiger partial charge in [-0.1, -0.05) is 43.8 Å². The number of nitrogens with one attached hydrogen (secondary N) is 1. The minimum absolute atomic E-state index is 0.109. The molecule has 0 saturated heterocycles. The zero-order chi connectivity index (χ0) is 17.5. The molecule has 2 aromatic rings. The molecule has 1 heterocycles. The van der Waals surface area contributed by atoms with Gasteiger partial charge in [0.05, 0.1) is 18.9 Å². The van der Waals surface area contributed by atoms with Crippen molar-refractivity contribution in [3.8, 4) is 0 Å². The molecule has 1 N–H and O–H groups in total. The lowest BCUT2D eigenvalue weighted by atomic mass is 10.00. The molecule has 0 saturated carbocycles. The van der Waals surface area contributed by atoms with Gasteiger partial charge in [0.25, 0.3) is 5.56 Å². The maximum Gasteiger partial charge on any atom is 0.330 e. The smallest absolute Gasteiger partial charge is 0.330 e. The summed E-state index contributed by atoms with van der Waals surface area (Å²) in [6.45, 7) is 6.50. The number of aromatic amines is 1. The van der Waals surface area contributed by atoms with Crippen LogP contribution in [0.2, 0.25) is 0 Å². The third-order valence-corrected chi connectivity index (χ3v) is 3.71. The van der Waals surface area contributed by atoms with Crippen LogP contribution in [-0.4, -0.2) is 29.9 Å². The Balaban J connectivity index is 2.39. The first-order valence-corrected chi connectivity index (χ1v) is 7.77. The number of ether oxygens (including phenoxy) is 2. The summed E-state index contributed by atoms with van der Waals surface area (Å²) in [7, 11) is 1.56. The highest BCUT2D eigenvalue weighted by Gasteiger charge is 2.15. The maximum absolute atomic E-state index is 12.6. The van der Waals surface area contributed by atoms with Gasteiger partial charge in [-0.3, -0.25) is 4.79 Å². The molecule has 0 aliphatic carbocycles. The van der Waals surface area contributed by atoms with Gasteiger partial charge in [0, 0.05) is 12.7 Å². The third kappa shape index (κ3) is 3.90. The van der Waals surface area contributed by atoms with E-state index in [9.17, 15) is 9.59 Å². The van der Waals surface area contributed by atoms with Crippen LogP contribution < -0.4 is 11.2 Å². The number of H-pyrrole nitrogens is 1. The van der Waals surface area contributed by atoms with Crippen LogP contribution in [-0.2, 0) is 22.6 Å². The van der Waals surface area contributed by atoms with Gasteiger partial charge in [-0.2, -0.15) is 0 Å². The quantitative estimate of drug-likeness (QED) is 0.749. The Hall–Kier alpha value is -2.44. The summed E-state index contributed by atoms with van der Waals surface area (Å²) in [5.41, 5.74) is 1.60. The second-order valence-corrected chi connectivity index (χ2v) is 5.25. The topological polar surface area (TPSA) is 73.3 Å². The van der Waals surface area contributed by atoms with Crippen molar-refractivity contribution >= 4 is 5.57 Å². The summed E-state index contributed by atoms with van der Waals surface area (Å²) < 4.78 is 11.2. The Kier molecular flexibility index (Phi) is 6.28. The van der Waals surface area contributed by atoms with E-state index in [4.69, 9.17) is 9.47 Å². The van der Waals surface area contributed by atoms with Crippen LogP contribution in [0.3, 0.4) is 0 Å². The van der Waals surface area contributed by atoms with Gasteiger partial charge in [-0.25, -0.2) is 9.36 Å². The van der Waals surface area contributed by atoms with Gasteiger partial charge in [-0.15, -0.1) is 0 Å². The maximum atomic E-state index is 12.6. The standard InChI is InChI=1S/C18H22N2O4/c1-4-15-16(13(2)14-8-6-5-7-9-14)19-18(22)20(17(15)21)12-24-11-10-23-3/h5-9H,2,4,10-12H2,1,3H3,(H,19,22). The fraction of sp³-hybridized carbons (Fsp3) is 0.333. The average Bonchev–Trinajstić information content (AvgIpc) is 2.60. The van der Waals surface area contributed by atoms with Crippen LogP contribution >= 0.6 is 0 Å². The summed E-state index contributed by atoms with van der Waals surface area (Å²) in [4.78, 5) is 27.7. The largest absolute Gasteiger partial charge is 0.382 e. The molecule has 0 aliphatic rings. The molecule has 0 unspecified atom stereocenters. The van der Waals surface area contributed by atoms with Crippen LogP contribution in [0.25, 0.3) is 5.57 Å². The second kappa shape index (κ2) is 8.42. The summed E-state index contributed by atoms with van der Waals surface area (Å²) >= 11 is 0. The number of nitrogens with zero attached hydrogens (tertiary/aromatic N) is 1. The van der Waals surface area contributed by atoms with E-state index in [-0.39, 0.29) is 12.3 Å². The molecule has 128 valence electrons. The van der Waals surface area contributed by atoms with E-state index in [1.165, 1.54) is 0 Å². The van der Waals surface area contributed by atoms with Crippen molar-refractivity contribution in [1.82, 2.24) is 9.55 Å². The van der Waals surface area contributed by atoms with Crippen molar-refractivity contribution in [3.63, 3.8) is 0 Å².